The molecule has 1 aromatic heterocycles. The van der Waals surface area contributed by atoms with Gasteiger partial charge >= 0.3 is 16.8 Å². The van der Waals surface area contributed by atoms with Gasteiger partial charge in [0.25, 0.3) is 0 Å². The van der Waals surface area contributed by atoms with E-state index in [1.54, 1.807) is 7.05 Å². The molecule has 1 radical (unpaired) electrons. The third-order valence-electron chi connectivity index (χ3n) is 2.05. The molecule has 0 aliphatic heterocycles. The van der Waals surface area contributed by atoms with Crippen LogP contribution in [-0.4, -0.2) is 46.7 Å². The van der Waals surface area contributed by atoms with Crippen LogP contribution in [-0.2, 0) is 21.6 Å². The molecule has 0 saturated carbocycles. The average Bonchev–Trinajstić information content (AvgIpc) is 2.43. The number of oxime groups is 1. The van der Waals surface area contributed by atoms with Gasteiger partial charge in [0.1, 0.15) is 12.8 Å². The minimum atomic E-state index is -0.861. The van der Waals surface area contributed by atoms with Gasteiger partial charge in [-0.05, 0) is 26.0 Å². The van der Waals surface area contributed by atoms with Crippen LogP contribution in [0.1, 0.15) is 25.2 Å². The van der Waals surface area contributed by atoms with E-state index in [1.807, 2.05) is 32.0 Å². The topological polar surface area (TPSA) is 46.8 Å². The fraction of sp³-hybridized carbons (Fsp3) is 0.526. The second-order valence-corrected chi connectivity index (χ2v) is 18.4. The number of pyridine rings is 1. The van der Waals surface area contributed by atoms with Gasteiger partial charge in [0, 0.05) is 7.05 Å². The van der Waals surface area contributed by atoms with Crippen molar-refractivity contribution in [3.05, 3.63) is 42.7 Å². The fourth-order valence-corrected chi connectivity index (χ4v) is 1.14. The van der Waals surface area contributed by atoms with Gasteiger partial charge in [0.05, 0.1) is 17.1 Å². The third kappa shape index (κ3) is 23.2. The summed E-state index contributed by atoms with van der Waals surface area (Å²) in [7, 11) is 1.55. The maximum atomic E-state index is 4.70. The van der Waals surface area contributed by atoms with Crippen LogP contribution >= 0.6 is 0 Å². The standard InChI is InChI=1S/C11H15N3O.2C4H11Si.Co/c1-8(12-3)10-6-5-7-11(13-10)9(2)14-15-4;2*1-5(2,3)4;/h5-7H,1-4H3;2*1H2,2-4H3;/q;2*-1;+2. The van der Waals surface area contributed by atoms with Gasteiger partial charge in [0.15, 0.2) is 0 Å². The Morgan fingerprint density at radius 3 is 1.58 bits per heavy atom. The van der Waals surface area contributed by atoms with Gasteiger partial charge in [-0.15, -0.1) is 16.1 Å². The number of hydrogen-bond donors (Lipinski definition) is 0. The van der Waals surface area contributed by atoms with Crippen molar-refractivity contribution < 1.29 is 21.6 Å². The van der Waals surface area contributed by atoms with Crippen molar-refractivity contribution in [3.63, 3.8) is 0 Å². The summed E-state index contributed by atoms with van der Waals surface area (Å²) < 4.78 is 0. The van der Waals surface area contributed by atoms with Crippen LogP contribution in [0, 0.1) is 13.1 Å². The van der Waals surface area contributed by atoms with E-state index in [4.69, 9.17) is 4.84 Å². The van der Waals surface area contributed by atoms with Gasteiger partial charge < -0.3 is 17.9 Å². The first kappa shape index (κ1) is 30.0. The Hall–Kier alpha value is -0.770. The van der Waals surface area contributed by atoms with Crippen LogP contribution in [0.15, 0.2) is 28.3 Å². The summed E-state index contributed by atoms with van der Waals surface area (Å²) in [5.41, 5.74) is 3.32. The number of aliphatic imine (C=N–C) groups is 1. The molecule has 1 heterocycles. The number of nitrogens with zero attached hydrogens (tertiary/aromatic N) is 3. The van der Waals surface area contributed by atoms with E-state index >= 15 is 0 Å². The molecular formula is C19H37CoN3OSi2. The van der Waals surface area contributed by atoms with Crippen molar-refractivity contribution in [2.75, 3.05) is 14.2 Å². The Bertz CT molecular complexity index is 539. The molecule has 0 unspecified atom stereocenters. The molecular weight excluding hydrogens is 401 g/mol. The number of aromatic nitrogens is 1. The minimum Gasteiger partial charge on any atom is -0.399 e. The largest absolute Gasteiger partial charge is 2.00 e. The van der Waals surface area contributed by atoms with Gasteiger partial charge in [0.2, 0.25) is 0 Å². The molecule has 0 aliphatic rings. The Kier molecular flexibility index (Phi) is 16.5. The van der Waals surface area contributed by atoms with Crippen LogP contribution in [0.2, 0.25) is 39.3 Å². The molecule has 0 aromatic carbocycles. The summed E-state index contributed by atoms with van der Waals surface area (Å²) in [5.74, 6) is 0. The molecule has 0 aliphatic carbocycles. The Balaban J connectivity index is -0.000000401. The average molecular weight is 439 g/mol. The van der Waals surface area contributed by atoms with Crippen molar-refractivity contribution in [2.24, 2.45) is 10.1 Å². The first-order valence-corrected chi connectivity index (χ1v) is 15.8. The van der Waals surface area contributed by atoms with Crippen LogP contribution in [0.25, 0.3) is 0 Å². The van der Waals surface area contributed by atoms with Crippen molar-refractivity contribution in [2.45, 2.75) is 53.1 Å². The zero-order chi connectivity index (χ0) is 20.3. The second kappa shape index (κ2) is 14.3. The Morgan fingerprint density at radius 1 is 0.923 bits per heavy atom. The molecule has 0 N–H and O–H groups in total. The first-order valence-electron chi connectivity index (χ1n) is 8.38. The predicted molar refractivity (Wildman–Crippen MR) is 119 cm³/mol. The van der Waals surface area contributed by atoms with Crippen LogP contribution in [0.3, 0.4) is 0 Å². The zero-order valence-electron chi connectivity index (χ0n) is 18.2. The van der Waals surface area contributed by atoms with E-state index in [0.717, 1.165) is 22.8 Å². The summed E-state index contributed by atoms with van der Waals surface area (Å²) in [5, 5.41) is 3.84. The van der Waals surface area contributed by atoms with E-state index in [0.29, 0.717) is 0 Å². The molecule has 0 amide bonds. The fourth-order valence-electron chi connectivity index (χ4n) is 1.14. The van der Waals surface area contributed by atoms with Crippen molar-refractivity contribution >= 4 is 27.6 Å². The molecule has 1 rings (SSSR count). The van der Waals surface area contributed by atoms with Gasteiger partial charge in [-0.25, -0.2) is 4.98 Å². The summed E-state index contributed by atoms with van der Waals surface area (Å²) in [6.07, 6.45) is 0. The summed E-state index contributed by atoms with van der Waals surface area (Å²) in [6, 6.07) is 5.75. The summed E-state index contributed by atoms with van der Waals surface area (Å²) >= 11 is 0. The second-order valence-electron chi connectivity index (χ2n) is 8.20. The first-order chi connectivity index (χ1) is 11.2. The third-order valence-corrected chi connectivity index (χ3v) is 2.05. The maximum Gasteiger partial charge on any atom is 2.00 e. The quantitative estimate of drug-likeness (QED) is 0.279. The molecule has 4 nitrogen and oxygen atoms in total. The van der Waals surface area contributed by atoms with Gasteiger partial charge in [-0.2, -0.15) is 0 Å². The normalized spacial score (nSPS) is 12.0. The summed E-state index contributed by atoms with van der Waals surface area (Å²) in [4.78, 5) is 13.2. The van der Waals surface area contributed by atoms with Crippen LogP contribution < -0.4 is 0 Å². The van der Waals surface area contributed by atoms with Gasteiger partial charge in [-0.1, -0.05) is 50.5 Å². The smallest absolute Gasteiger partial charge is 0.399 e. The van der Waals surface area contributed by atoms with E-state index in [-0.39, 0.29) is 16.8 Å². The van der Waals surface area contributed by atoms with Crippen molar-refractivity contribution in [3.8, 4) is 0 Å². The number of rotatable bonds is 3. The van der Waals surface area contributed by atoms with Gasteiger partial charge in [-0.3, -0.25) is 4.99 Å². The Morgan fingerprint density at radius 2 is 1.27 bits per heavy atom. The van der Waals surface area contributed by atoms with E-state index in [9.17, 15) is 0 Å². The number of hydrogen-bond acceptors (Lipinski definition) is 4. The molecule has 1 aromatic rings. The SMILES string of the molecule is CN=C(C)c1cccc(C(C)=NOC)n1.[CH2-][Si](C)(C)C.[CH2-][Si](C)(C)C.[Co+2]. The molecule has 0 spiro atoms. The van der Waals surface area contributed by atoms with E-state index in [2.05, 4.69) is 67.5 Å². The maximum absolute atomic E-state index is 4.70. The van der Waals surface area contributed by atoms with Crippen molar-refractivity contribution in [1.82, 2.24) is 4.98 Å². The van der Waals surface area contributed by atoms with Crippen LogP contribution in [0.5, 0.6) is 0 Å². The molecule has 0 bridgehead atoms. The molecule has 26 heavy (non-hydrogen) atoms. The monoisotopic (exact) mass is 438 g/mol. The minimum absolute atomic E-state index is 0. The van der Waals surface area contributed by atoms with Crippen molar-refractivity contribution in [1.29, 1.82) is 0 Å². The Labute approximate surface area is 174 Å². The molecule has 151 valence electrons. The summed E-state index contributed by atoms with van der Waals surface area (Å²) in [6.45, 7) is 24.9. The van der Waals surface area contributed by atoms with E-state index in [1.165, 1.54) is 7.11 Å². The van der Waals surface area contributed by atoms with E-state index < -0.39 is 16.1 Å². The molecule has 7 heteroatoms. The molecule has 0 saturated heterocycles. The molecule has 0 fully saturated rings. The predicted octanol–water partition coefficient (Wildman–Crippen LogP) is 5.28. The zero-order valence-corrected chi connectivity index (χ0v) is 21.3. The molecule has 0 atom stereocenters. The van der Waals surface area contributed by atoms with Crippen LogP contribution in [0.4, 0.5) is 0 Å².